The number of hydrogen-bond donors (Lipinski definition) is 3. The van der Waals surface area contributed by atoms with Gasteiger partial charge in [-0.1, -0.05) is 35.3 Å². The van der Waals surface area contributed by atoms with Gasteiger partial charge in [-0.2, -0.15) is 0 Å². The summed E-state index contributed by atoms with van der Waals surface area (Å²) in [5.74, 6) is -0.191. The van der Waals surface area contributed by atoms with Crippen LogP contribution in [0.5, 0.6) is 0 Å². The standard InChI is InChI=1S/C22H22Cl2N4O4/c23-15-7-5-8-16(24)20(15)21(29)28-17(22(30)31)12-19-27-13-14(32-19)6-1-3-10-25-18-9-2-4-11-26-18/h2,4-5,7-9,11,13,17H,1,3,6,10,12H2,(H,25,26)(H,28,29)(H,30,31). The fraction of sp³-hybridized carbons (Fsp3) is 0.273. The Hall–Kier alpha value is -3.10. The van der Waals surface area contributed by atoms with Gasteiger partial charge in [0.1, 0.15) is 17.6 Å². The summed E-state index contributed by atoms with van der Waals surface area (Å²) in [6.07, 6.45) is 5.62. The van der Waals surface area contributed by atoms with Gasteiger partial charge in [0.05, 0.1) is 28.2 Å². The topological polar surface area (TPSA) is 117 Å². The van der Waals surface area contributed by atoms with E-state index in [9.17, 15) is 14.7 Å². The van der Waals surface area contributed by atoms with Gasteiger partial charge in [0.25, 0.3) is 5.91 Å². The molecule has 2 aromatic heterocycles. The highest BCUT2D eigenvalue weighted by molar-refractivity contribution is 6.39. The lowest BCUT2D eigenvalue weighted by atomic mass is 10.1. The van der Waals surface area contributed by atoms with Gasteiger partial charge in [-0.05, 0) is 37.1 Å². The van der Waals surface area contributed by atoms with E-state index in [1.807, 2.05) is 18.2 Å². The van der Waals surface area contributed by atoms with Gasteiger partial charge in [0, 0.05) is 19.2 Å². The second-order valence-electron chi connectivity index (χ2n) is 6.98. The molecule has 0 spiro atoms. The second kappa shape index (κ2) is 11.5. The van der Waals surface area contributed by atoms with Gasteiger partial charge in [0.2, 0.25) is 0 Å². The van der Waals surface area contributed by atoms with Crippen molar-refractivity contribution >= 4 is 40.9 Å². The van der Waals surface area contributed by atoms with Crippen molar-refractivity contribution in [2.75, 3.05) is 11.9 Å². The molecule has 0 radical (unpaired) electrons. The maximum Gasteiger partial charge on any atom is 0.326 e. The smallest absolute Gasteiger partial charge is 0.326 e. The van der Waals surface area contributed by atoms with Crippen molar-refractivity contribution < 1.29 is 19.1 Å². The molecule has 0 saturated carbocycles. The summed E-state index contributed by atoms with van der Waals surface area (Å²) >= 11 is 12.1. The third-order valence-corrected chi connectivity index (χ3v) is 5.22. The van der Waals surface area contributed by atoms with Gasteiger partial charge in [-0.25, -0.2) is 14.8 Å². The lowest BCUT2D eigenvalue weighted by Crippen LogP contribution is -2.42. The summed E-state index contributed by atoms with van der Waals surface area (Å²) < 4.78 is 5.65. The summed E-state index contributed by atoms with van der Waals surface area (Å²) in [5, 5.41) is 15.4. The number of aryl methyl sites for hydroxylation is 1. The van der Waals surface area contributed by atoms with Crippen LogP contribution in [0.25, 0.3) is 0 Å². The van der Waals surface area contributed by atoms with E-state index < -0.39 is 17.9 Å². The highest BCUT2D eigenvalue weighted by Gasteiger charge is 2.25. The third-order valence-electron chi connectivity index (χ3n) is 4.59. The van der Waals surface area contributed by atoms with E-state index in [1.54, 1.807) is 18.5 Å². The van der Waals surface area contributed by atoms with Crippen LogP contribution >= 0.6 is 23.2 Å². The Morgan fingerprint density at radius 2 is 1.84 bits per heavy atom. The fourth-order valence-electron chi connectivity index (χ4n) is 2.99. The second-order valence-corrected chi connectivity index (χ2v) is 7.80. The molecule has 32 heavy (non-hydrogen) atoms. The van der Waals surface area contributed by atoms with Gasteiger partial charge >= 0.3 is 5.97 Å². The Morgan fingerprint density at radius 1 is 1.06 bits per heavy atom. The first kappa shape index (κ1) is 23.6. The van der Waals surface area contributed by atoms with Crippen LogP contribution in [0, 0.1) is 0 Å². The maximum absolute atomic E-state index is 12.5. The number of nitrogens with zero attached hydrogens (tertiary/aromatic N) is 2. The Balaban J connectivity index is 1.49. The van der Waals surface area contributed by atoms with Crippen molar-refractivity contribution in [3.63, 3.8) is 0 Å². The molecule has 1 amide bonds. The molecule has 3 rings (SSSR count). The number of carboxylic acids is 1. The molecule has 0 saturated heterocycles. The molecule has 1 unspecified atom stereocenters. The monoisotopic (exact) mass is 476 g/mol. The molecule has 0 aliphatic carbocycles. The molecule has 1 atom stereocenters. The maximum atomic E-state index is 12.5. The SMILES string of the molecule is O=C(NC(Cc1ncc(CCCCNc2ccccn2)o1)C(=O)O)c1c(Cl)cccc1Cl. The lowest BCUT2D eigenvalue weighted by Gasteiger charge is -2.14. The Bertz CT molecular complexity index is 1040. The highest BCUT2D eigenvalue weighted by Crippen LogP contribution is 2.24. The van der Waals surface area contributed by atoms with Crippen LogP contribution in [-0.4, -0.2) is 39.5 Å². The van der Waals surface area contributed by atoms with Crippen LogP contribution in [0.2, 0.25) is 10.0 Å². The molecular formula is C22H22Cl2N4O4. The molecule has 0 aliphatic heterocycles. The van der Waals surface area contributed by atoms with Crippen LogP contribution in [0.4, 0.5) is 5.82 Å². The molecule has 168 valence electrons. The number of aliphatic carboxylic acids is 1. The average Bonchev–Trinajstić information content (AvgIpc) is 3.21. The lowest BCUT2D eigenvalue weighted by molar-refractivity contribution is -0.139. The van der Waals surface area contributed by atoms with E-state index in [1.165, 1.54) is 12.1 Å². The number of benzene rings is 1. The molecule has 0 aliphatic rings. The first-order valence-corrected chi connectivity index (χ1v) is 10.8. The fourth-order valence-corrected chi connectivity index (χ4v) is 3.55. The number of aromatic nitrogens is 2. The van der Waals surface area contributed by atoms with E-state index in [2.05, 4.69) is 20.6 Å². The van der Waals surface area contributed by atoms with E-state index in [4.69, 9.17) is 27.6 Å². The van der Waals surface area contributed by atoms with Crippen molar-refractivity contribution in [1.82, 2.24) is 15.3 Å². The van der Waals surface area contributed by atoms with Crippen LogP contribution < -0.4 is 10.6 Å². The number of carbonyl (C=O) groups excluding carboxylic acids is 1. The van der Waals surface area contributed by atoms with Crippen LogP contribution in [0.15, 0.2) is 53.2 Å². The zero-order chi connectivity index (χ0) is 22.9. The summed E-state index contributed by atoms with van der Waals surface area (Å²) in [7, 11) is 0. The number of pyridine rings is 1. The zero-order valence-electron chi connectivity index (χ0n) is 17.1. The van der Waals surface area contributed by atoms with Gasteiger partial charge in [-0.15, -0.1) is 0 Å². The van der Waals surface area contributed by atoms with Crippen molar-refractivity contribution in [2.24, 2.45) is 0 Å². The van der Waals surface area contributed by atoms with E-state index >= 15 is 0 Å². The molecule has 3 N–H and O–H groups in total. The number of nitrogens with one attached hydrogen (secondary N) is 2. The quantitative estimate of drug-likeness (QED) is 0.354. The number of oxazole rings is 1. The van der Waals surface area contributed by atoms with Gasteiger partial charge in [-0.3, -0.25) is 4.79 Å². The molecular weight excluding hydrogens is 455 g/mol. The van der Waals surface area contributed by atoms with Crippen LogP contribution in [-0.2, 0) is 17.6 Å². The molecule has 2 heterocycles. The molecule has 8 nitrogen and oxygen atoms in total. The summed E-state index contributed by atoms with van der Waals surface area (Å²) in [4.78, 5) is 32.5. The number of unbranched alkanes of at least 4 members (excludes halogenated alkanes) is 1. The number of hydrogen-bond acceptors (Lipinski definition) is 6. The number of anilines is 1. The first-order chi connectivity index (χ1) is 15.4. The number of carbonyl (C=O) groups is 2. The van der Waals surface area contributed by atoms with E-state index in [0.717, 1.165) is 25.2 Å². The van der Waals surface area contributed by atoms with Gasteiger partial charge < -0.3 is 20.2 Å². The van der Waals surface area contributed by atoms with Crippen molar-refractivity contribution in [3.8, 4) is 0 Å². The number of halogens is 2. The molecule has 0 fully saturated rings. The predicted molar refractivity (Wildman–Crippen MR) is 121 cm³/mol. The van der Waals surface area contributed by atoms with E-state index in [0.29, 0.717) is 12.2 Å². The van der Waals surface area contributed by atoms with Crippen molar-refractivity contribution in [2.45, 2.75) is 31.7 Å². The van der Waals surface area contributed by atoms with Crippen LogP contribution in [0.3, 0.4) is 0 Å². The number of carboxylic acid groups (broad SMARTS) is 1. The Kier molecular flexibility index (Phi) is 8.47. The van der Waals surface area contributed by atoms with Crippen molar-refractivity contribution in [3.05, 3.63) is 76.1 Å². The average molecular weight is 477 g/mol. The highest BCUT2D eigenvalue weighted by atomic mass is 35.5. The normalized spacial score (nSPS) is 11.7. The Labute approximate surface area is 195 Å². The molecule has 3 aromatic rings. The molecule has 10 heteroatoms. The molecule has 0 bridgehead atoms. The largest absolute Gasteiger partial charge is 0.480 e. The number of rotatable bonds is 11. The summed E-state index contributed by atoms with van der Waals surface area (Å²) in [5.41, 5.74) is 0.0227. The minimum Gasteiger partial charge on any atom is -0.480 e. The van der Waals surface area contributed by atoms with Crippen LogP contribution in [0.1, 0.15) is 34.9 Å². The predicted octanol–water partition coefficient (Wildman–Crippen LogP) is 4.24. The van der Waals surface area contributed by atoms with Gasteiger partial charge in [0.15, 0.2) is 5.89 Å². The van der Waals surface area contributed by atoms with E-state index in [-0.39, 0.29) is 27.9 Å². The summed E-state index contributed by atoms with van der Waals surface area (Å²) in [6, 6.07) is 9.04. The minimum absolute atomic E-state index is 0.0227. The molecule has 1 aromatic carbocycles. The summed E-state index contributed by atoms with van der Waals surface area (Å²) in [6.45, 7) is 0.774. The van der Waals surface area contributed by atoms with Crippen molar-refractivity contribution in [1.29, 1.82) is 0 Å². The zero-order valence-corrected chi connectivity index (χ0v) is 18.6. The third kappa shape index (κ3) is 6.70. The minimum atomic E-state index is -1.25. The first-order valence-electron chi connectivity index (χ1n) is 10.00. The Morgan fingerprint density at radius 3 is 2.53 bits per heavy atom. The number of amides is 1.